The topological polar surface area (TPSA) is 30.0 Å². The van der Waals surface area contributed by atoms with Crippen LogP contribution < -0.4 is 0 Å². The number of hydrogen-bond acceptors (Lipinski definition) is 2. The Hall–Kier alpha value is -2.22. The average molecular weight is 222 g/mol. The zero-order valence-corrected chi connectivity index (χ0v) is 9.34. The van der Waals surface area contributed by atoms with Gasteiger partial charge in [-0.25, -0.2) is 0 Å². The van der Waals surface area contributed by atoms with Gasteiger partial charge >= 0.3 is 0 Å². The Balaban J connectivity index is 2.35. The predicted octanol–water partition coefficient (Wildman–Crippen LogP) is 3.16. The minimum atomic E-state index is -0.0163. The first-order chi connectivity index (χ1) is 8.31. The summed E-state index contributed by atoms with van der Waals surface area (Å²) in [5.41, 5.74) is 2.14. The second-order valence-electron chi connectivity index (χ2n) is 3.60. The summed E-state index contributed by atoms with van der Waals surface area (Å²) in [6.07, 6.45) is 6.77. The van der Waals surface area contributed by atoms with Crippen LogP contribution >= 0.6 is 0 Å². The third-order valence-corrected chi connectivity index (χ3v) is 2.37. The SMILES string of the molecule is [CH2]/C=C/c1cncc(C(=O)c2ccccc2)c1. The van der Waals surface area contributed by atoms with E-state index in [4.69, 9.17) is 0 Å². The first-order valence-corrected chi connectivity index (χ1v) is 5.32. The molecule has 0 saturated heterocycles. The minimum absolute atomic E-state index is 0.0163. The molecule has 2 aromatic rings. The Morgan fingerprint density at radius 2 is 1.88 bits per heavy atom. The van der Waals surface area contributed by atoms with Crippen molar-refractivity contribution < 1.29 is 4.79 Å². The molecule has 0 spiro atoms. The molecule has 0 aliphatic rings. The Morgan fingerprint density at radius 3 is 2.59 bits per heavy atom. The molecule has 83 valence electrons. The van der Waals surface area contributed by atoms with E-state index in [0.29, 0.717) is 11.1 Å². The van der Waals surface area contributed by atoms with Crippen LogP contribution in [0.15, 0.2) is 54.9 Å². The van der Waals surface area contributed by atoms with E-state index in [1.54, 1.807) is 30.6 Å². The molecule has 0 aliphatic heterocycles. The third kappa shape index (κ3) is 2.67. The van der Waals surface area contributed by atoms with Gasteiger partial charge in [0.15, 0.2) is 5.78 Å². The highest BCUT2D eigenvalue weighted by atomic mass is 16.1. The molecule has 0 amide bonds. The molecule has 0 fully saturated rings. The van der Waals surface area contributed by atoms with Crippen molar-refractivity contribution in [3.8, 4) is 0 Å². The summed E-state index contributed by atoms with van der Waals surface area (Å²) in [6.45, 7) is 3.62. The van der Waals surface area contributed by atoms with Crippen LogP contribution in [0.2, 0.25) is 0 Å². The molecule has 2 rings (SSSR count). The number of aromatic nitrogens is 1. The summed E-state index contributed by atoms with van der Waals surface area (Å²) in [5.74, 6) is -0.0163. The van der Waals surface area contributed by atoms with Gasteiger partial charge in [-0.1, -0.05) is 42.5 Å². The van der Waals surface area contributed by atoms with Crippen molar-refractivity contribution in [1.82, 2.24) is 4.98 Å². The van der Waals surface area contributed by atoms with Gasteiger partial charge in [-0.05, 0) is 18.6 Å². The zero-order chi connectivity index (χ0) is 12.1. The van der Waals surface area contributed by atoms with Crippen molar-refractivity contribution >= 4 is 11.9 Å². The summed E-state index contributed by atoms with van der Waals surface area (Å²) in [4.78, 5) is 16.2. The molecular weight excluding hydrogens is 210 g/mol. The summed E-state index contributed by atoms with van der Waals surface area (Å²) >= 11 is 0. The summed E-state index contributed by atoms with van der Waals surface area (Å²) in [7, 11) is 0. The Morgan fingerprint density at radius 1 is 1.12 bits per heavy atom. The van der Waals surface area contributed by atoms with Gasteiger partial charge in [0.2, 0.25) is 0 Å². The third-order valence-electron chi connectivity index (χ3n) is 2.37. The van der Waals surface area contributed by atoms with Crippen LogP contribution in [0.1, 0.15) is 21.5 Å². The lowest BCUT2D eigenvalue weighted by Gasteiger charge is -2.01. The Labute approximate surface area is 101 Å². The molecule has 1 heterocycles. The lowest BCUT2D eigenvalue weighted by Crippen LogP contribution is -2.01. The van der Waals surface area contributed by atoms with E-state index in [-0.39, 0.29) is 5.78 Å². The monoisotopic (exact) mass is 222 g/mol. The van der Waals surface area contributed by atoms with Crippen LogP contribution in [0.4, 0.5) is 0 Å². The van der Waals surface area contributed by atoms with Crippen LogP contribution in [0.5, 0.6) is 0 Å². The first-order valence-electron chi connectivity index (χ1n) is 5.32. The molecule has 1 aromatic heterocycles. The smallest absolute Gasteiger partial charge is 0.194 e. The Bertz CT molecular complexity index is 544. The molecule has 17 heavy (non-hydrogen) atoms. The van der Waals surface area contributed by atoms with E-state index < -0.39 is 0 Å². The van der Waals surface area contributed by atoms with Gasteiger partial charge in [-0.15, -0.1) is 0 Å². The fraction of sp³-hybridized carbons (Fsp3) is 0. The van der Waals surface area contributed by atoms with Crippen LogP contribution in [-0.2, 0) is 0 Å². The van der Waals surface area contributed by atoms with Crippen LogP contribution in [-0.4, -0.2) is 10.8 Å². The van der Waals surface area contributed by atoms with Crippen LogP contribution in [0.3, 0.4) is 0 Å². The van der Waals surface area contributed by atoms with Gasteiger partial charge < -0.3 is 0 Å². The zero-order valence-electron chi connectivity index (χ0n) is 9.34. The molecule has 0 bridgehead atoms. The van der Waals surface area contributed by atoms with Crippen molar-refractivity contribution in [2.75, 3.05) is 0 Å². The van der Waals surface area contributed by atoms with E-state index in [0.717, 1.165) is 5.56 Å². The number of pyridine rings is 1. The van der Waals surface area contributed by atoms with Gasteiger partial charge in [0.05, 0.1) is 0 Å². The quantitative estimate of drug-likeness (QED) is 0.747. The van der Waals surface area contributed by atoms with Crippen molar-refractivity contribution in [3.63, 3.8) is 0 Å². The van der Waals surface area contributed by atoms with E-state index >= 15 is 0 Å². The summed E-state index contributed by atoms with van der Waals surface area (Å²) in [5, 5.41) is 0. The van der Waals surface area contributed by atoms with Gasteiger partial charge in [-0.2, -0.15) is 0 Å². The second kappa shape index (κ2) is 5.21. The van der Waals surface area contributed by atoms with Gasteiger partial charge in [-0.3, -0.25) is 9.78 Å². The molecule has 0 aliphatic carbocycles. The number of ketones is 1. The van der Waals surface area contributed by atoms with Gasteiger partial charge in [0, 0.05) is 23.5 Å². The molecular formula is C15H12NO. The highest BCUT2D eigenvalue weighted by Crippen LogP contribution is 2.11. The maximum absolute atomic E-state index is 12.1. The second-order valence-corrected chi connectivity index (χ2v) is 3.60. The lowest BCUT2D eigenvalue weighted by atomic mass is 10.0. The highest BCUT2D eigenvalue weighted by molar-refractivity contribution is 6.08. The molecule has 1 aromatic carbocycles. The van der Waals surface area contributed by atoms with Crippen molar-refractivity contribution in [1.29, 1.82) is 0 Å². The predicted molar refractivity (Wildman–Crippen MR) is 68.5 cm³/mol. The van der Waals surface area contributed by atoms with Crippen molar-refractivity contribution in [2.45, 2.75) is 0 Å². The van der Waals surface area contributed by atoms with Crippen molar-refractivity contribution in [3.05, 3.63) is 78.5 Å². The molecule has 0 saturated carbocycles. The number of allylic oxidation sites excluding steroid dienone is 1. The maximum Gasteiger partial charge on any atom is 0.194 e. The van der Waals surface area contributed by atoms with Crippen LogP contribution in [0.25, 0.3) is 6.08 Å². The number of nitrogens with zero attached hydrogens (tertiary/aromatic N) is 1. The van der Waals surface area contributed by atoms with E-state index in [9.17, 15) is 4.79 Å². The number of carbonyl (C=O) groups is 1. The standard InChI is InChI=1S/C15H12NO/c1-2-6-12-9-14(11-16-10-12)15(17)13-7-4-3-5-8-13/h2-11H,1H2/b6-2+. The fourth-order valence-corrected chi connectivity index (χ4v) is 1.57. The minimum Gasteiger partial charge on any atom is -0.289 e. The van der Waals surface area contributed by atoms with Crippen LogP contribution in [0, 0.1) is 6.92 Å². The number of rotatable bonds is 3. The molecule has 0 N–H and O–H groups in total. The largest absolute Gasteiger partial charge is 0.289 e. The number of carbonyl (C=O) groups excluding carboxylic acids is 1. The summed E-state index contributed by atoms with van der Waals surface area (Å²) < 4.78 is 0. The first kappa shape index (κ1) is 11.3. The lowest BCUT2D eigenvalue weighted by molar-refractivity contribution is 0.103. The molecule has 2 nitrogen and oxygen atoms in total. The summed E-state index contributed by atoms with van der Waals surface area (Å²) in [6, 6.07) is 11.0. The highest BCUT2D eigenvalue weighted by Gasteiger charge is 2.08. The van der Waals surface area contributed by atoms with E-state index in [1.165, 1.54) is 0 Å². The van der Waals surface area contributed by atoms with Gasteiger partial charge in [0.1, 0.15) is 0 Å². The normalized spacial score (nSPS) is 10.6. The molecule has 0 atom stereocenters. The molecule has 2 heteroatoms. The fourth-order valence-electron chi connectivity index (χ4n) is 1.57. The molecule has 0 unspecified atom stereocenters. The molecule has 1 radical (unpaired) electrons. The number of benzene rings is 1. The maximum atomic E-state index is 12.1. The van der Waals surface area contributed by atoms with Crippen molar-refractivity contribution in [2.24, 2.45) is 0 Å². The Kier molecular flexibility index (Phi) is 3.46. The average Bonchev–Trinajstić information content (AvgIpc) is 2.40. The van der Waals surface area contributed by atoms with Gasteiger partial charge in [0.25, 0.3) is 0 Å². The van der Waals surface area contributed by atoms with E-state index in [1.807, 2.05) is 30.3 Å². The number of hydrogen-bond donors (Lipinski definition) is 0. The van der Waals surface area contributed by atoms with E-state index in [2.05, 4.69) is 11.9 Å².